The molecular formula is C66H99O11P. The Morgan fingerprint density at radius 2 is 0.692 bits per heavy atom. The van der Waals surface area contributed by atoms with E-state index in [1.807, 2.05) is 30.4 Å². The van der Waals surface area contributed by atoms with Gasteiger partial charge in [0, 0.05) is 12.8 Å². The first-order valence-electron chi connectivity index (χ1n) is 28.7. The number of unbranched alkanes of at least 4 members (excludes halogenated alkanes) is 4. The van der Waals surface area contributed by atoms with Crippen LogP contribution in [0.15, 0.2) is 182 Å². The van der Waals surface area contributed by atoms with E-state index in [1.165, 1.54) is 0 Å². The molecule has 78 heavy (non-hydrogen) atoms. The third-order valence-electron chi connectivity index (χ3n) is 10.8. The normalized spacial score (nSPS) is 14.7. The lowest BCUT2D eigenvalue weighted by Crippen LogP contribution is -2.30. The number of carbonyl (C=O) groups is 3. The van der Waals surface area contributed by atoms with Gasteiger partial charge in [-0.25, -0.2) is 4.57 Å². The molecule has 2 N–H and O–H groups in total. The van der Waals surface area contributed by atoms with E-state index in [1.54, 1.807) is 6.08 Å². The van der Waals surface area contributed by atoms with E-state index in [2.05, 4.69) is 167 Å². The summed E-state index contributed by atoms with van der Waals surface area (Å²) in [5, 5.41) is 9.80. The number of aliphatic hydroxyl groups excluding tert-OH is 1. The zero-order valence-electron chi connectivity index (χ0n) is 47.8. The number of carbonyl (C=O) groups excluding carboxylic acids is 3. The summed E-state index contributed by atoms with van der Waals surface area (Å²) in [6.45, 7) is 4.05. The van der Waals surface area contributed by atoms with Crippen LogP contribution in [0.3, 0.4) is 0 Å². The quantitative estimate of drug-likeness (QED) is 0.0197. The average molecular weight is 1100 g/mol. The van der Waals surface area contributed by atoms with Crippen LogP contribution in [0.1, 0.15) is 175 Å². The van der Waals surface area contributed by atoms with Crippen molar-refractivity contribution in [1.82, 2.24) is 0 Å². The van der Waals surface area contributed by atoms with Crippen molar-refractivity contribution in [3.8, 4) is 0 Å². The van der Waals surface area contributed by atoms with Crippen molar-refractivity contribution in [2.24, 2.45) is 0 Å². The highest BCUT2D eigenvalue weighted by atomic mass is 31.2. The molecular weight excluding hydrogens is 1000 g/mol. The maximum absolute atomic E-state index is 12.9. The standard InChI is InChI=1S/C66H99O11P/c1-4-7-10-13-16-19-22-25-28-30-31-33-36-39-42-45-48-51-54-57-66(70)77-63(59-73-64(68)55-52-49-46-43-40-37-35-32-29-26-23-20-17-14-11-8-5-2)61-75-78(71,72)74-60-62(58-67)76-65(69)56-53-50-47-44-41-38-34-27-24-21-18-15-12-9-6-3/h7-12,16-21,25-29,31,33-35,37,39,41-44,46,50,53,62-63,67H,4-6,13-15,22-24,30,32,36,38,40,45,47-49,51-52,54-61H2,1-3H3,(H,71,72)/b10-7-,11-8-,12-9-,19-16-,20-17-,21-18-,28-25-,29-26-,33-31-,34-27-,37-35-,42-39-,44-41-,46-43-,53-50-. The number of aliphatic hydroxyl groups is 1. The fourth-order valence-electron chi connectivity index (χ4n) is 6.61. The maximum Gasteiger partial charge on any atom is 0.472 e. The van der Waals surface area contributed by atoms with Crippen LogP contribution in [0.5, 0.6) is 0 Å². The molecule has 0 aromatic rings. The largest absolute Gasteiger partial charge is 0.472 e. The molecule has 0 saturated heterocycles. The minimum atomic E-state index is -4.81. The molecule has 11 nitrogen and oxygen atoms in total. The van der Waals surface area contributed by atoms with Gasteiger partial charge in [0.15, 0.2) is 6.10 Å². The van der Waals surface area contributed by atoms with Crippen LogP contribution in [0.4, 0.5) is 0 Å². The molecule has 12 heteroatoms. The molecule has 0 saturated carbocycles. The maximum atomic E-state index is 12.9. The van der Waals surface area contributed by atoms with Crippen LogP contribution in [0, 0.1) is 0 Å². The number of hydrogen-bond acceptors (Lipinski definition) is 10. The summed E-state index contributed by atoms with van der Waals surface area (Å²) >= 11 is 0. The van der Waals surface area contributed by atoms with Gasteiger partial charge in [-0.3, -0.25) is 23.4 Å². The summed E-state index contributed by atoms with van der Waals surface area (Å²) in [5.41, 5.74) is 0. The van der Waals surface area contributed by atoms with Crippen molar-refractivity contribution >= 4 is 25.7 Å². The van der Waals surface area contributed by atoms with Gasteiger partial charge in [0.25, 0.3) is 0 Å². The van der Waals surface area contributed by atoms with E-state index in [4.69, 9.17) is 23.3 Å². The van der Waals surface area contributed by atoms with Gasteiger partial charge in [-0.2, -0.15) is 0 Å². The Bertz CT molecular complexity index is 2010. The van der Waals surface area contributed by atoms with E-state index in [-0.39, 0.29) is 19.3 Å². The number of allylic oxidation sites excluding steroid dienone is 29. The Morgan fingerprint density at radius 1 is 0.372 bits per heavy atom. The molecule has 434 valence electrons. The fourth-order valence-corrected chi connectivity index (χ4v) is 7.39. The number of phosphoric acid groups is 1. The van der Waals surface area contributed by atoms with Gasteiger partial charge in [-0.05, 0) is 128 Å². The van der Waals surface area contributed by atoms with Crippen LogP contribution in [0.2, 0.25) is 0 Å². The van der Waals surface area contributed by atoms with Crippen molar-refractivity contribution in [1.29, 1.82) is 0 Å². The second kappa shape index (κ2) is 57.7. The van der Waals surface area contributed by atoms with Crippen molar-refractivity contribution < 1.29 is 52.2 Å². The Balaban J connectivity index is 4.99. The molecule has 0 amide bonds. The van der Waals surface area contributed by atoms with Crippen LogP contribution in [-0.2, 0) is 42.2 Å². The van der Waals surface area contributed by atoms with Crippen molar-refractivity contribution in [2.75, 3.05) is 26.4 Å². The fraction of sp³-hybridized carbons (Fsp3) is 0.500. The molecule has 0 fully saturated rings. The lowest BCUT2D eigenvalue weighted by atomic mass is 10.1. The van der Waals surface area contributed by atoms with Gasteiger partial charge in [0.2, 0.25) is 0 Å². The highest BCUT2D eigenvalue weighted by molar-refractivity contribution is 7.47. The van der Waals surface area contributed by atoms with Gasteiger partial charge in [-0.1, -0.05) is 209 Å². The lowest BCUT2D eigenvalue weighted by molar-refractivity contribution is -0.161. The SMILES string of the molecule is CC/C=C\C/C=C\C/C=C\C/C=C\C/C=C\CCCCCC(=O)OC(COC(=O)CCC/C=C\C/C=C\C/C=C\C/C=C\C/C=C\CC)COP(=O)(O)OCC(CO)OC(=O)C/C=C\C/C=C\C/C=C\C/C=C\C/C=C\CC. The van der Waals surface area contributed by atoms with Gasteiger partial charge in [-0.15, -0.1) is 0 Å². The molecule has 0 aliphatic carbocycles. The first kappa shape index (κ1) is 72.6. The summed E-state index contributed by atoms with van der Waals surface area (Å²) in [5.74, 6) is -1.74. The van der Waals surface area contributed by atoms with E-state index in [9.17, 15) is 28.9 Å². The molecule has 0 radical (unpaired) electrons. The minimum absolute atomic E-state index is 0.0727. The first-order chi connectivity index (χ1) is 38.2. The monoisotopic (exact) mass is 1100 g/mol. The summed E-state index contributed by atoms with van der Waals surface area (Å²) in [6, 6.07) is 0. The first-order valence-corrected chi connectivity index (χ1v) is 30.2. The zero-order valence-corrected chi connectivity index (χ0v) is 48.7. The summed E-state index contributed by atoms with van der Waals surface area (Å²) in [7, 11) is -4.81. The van der Waals surface area contributed by atoms with Crippen LogP contribution >= 0.6 is 7.82 Å². The average Bonchev–Trinajstić information content (AvgIpc) is 3.43. The number of esters is 3. The summed E-state index contributed by atoms with van der Waals surface area (Å²) in [6.07, 6.45) is 78.9. The molecule has 0 aliphatic heterocycles. The molecule has 0 aromatic carbocycles. The second-order valence-electron chi connectivity index (χ2n) is 18.0. The molecule has 0 aromatic heterocycles. The van der Waals surface area contributed by atoms with Gasteiger partial charge in [0.05, 0.1) is 26.2 Å². The van der Waals surface area contributed by atoms with Gasteiger partial charge < -0.3 is 24.2 Å². The summed E-state index contributed by atoms with van der Waals surface area (Å²) in [4.78, 5) is 48.5. The molecule has 3 unspecified atom stereocenters. The molecule has 0 rings (SSSR count). The topological polar surface area (TPSA) is 155 Å². The van der Waals surface area contributed by atoms with Crippen LogP contribution < -0.4 is 0 Å². The van der Waals surface area contributed by atoms with E-state index < -0.39 is 64.4 Å². The molecule has 0 bridgehead atoms. The Labute approximate surface area is 471 Å². The predicted molar refractivity (Wildman–Crippen MR) is 324 cm³/mol. The van der Waals surface area contributed by atoms with Crippen molar-refractivity contribution in [2.45, 2.75) is 187 Å². The smallest absolute Gasteiger partial charge is 0.462 e. The third-order valence-corrected chi connectivity index (χ3v) is 11.8. The lowest BCUT2D eigenvalue weighted by Gasteiger charge is -2.21. The number of hydrogen-bond donors (Lipinski definition) is 2. The van der Waals surface area contributed by atoms with E-state index in [0.717, 1.165) is 109 Å². The van der Waals surface area contributed by atoms with E-state index in [0.29, 0.717) is 25.7 Å². The van der Waals surface area contributed by atoms with Gasteiger partial charge in [0.1, 0.15) is 12.7 Å². The van der Waals surface area contributed by atoms with Gasteiger partial charge >= 0.3 is 25.7 Å². The van der Waals surface area contributed by atoms with Crippen LogP contribution in [-0.4, -0.2) is 66.5 Å². The van der Waals surface area contributed by atoms with Crippen LogP contribution in [0.25, 0.3) is 0 Å². The Kier molecular flexibility index (Phi) is 53.7. The zero-order chi connectivity index (χ0) is 56.9. The predicted octanol–water partition coefficient (Wildman–Crippen LogP) is 17.2. The number of rotatable bonds is 50. The Hall–Kier alpha value is -5.42. The molecule has 0 spiro atoms. The Morgan fingerprint density at radius 3 is 1.08 bits per heavy atom. The molecule has 3 atom stereocenters. The number of phosphoric ester groups is 1. The molecule has 0 heterocycles. The van der Waals surface area contributed by atoms with Crippen molar-refractivity contribution in [3.05, 3.63) is 182 Å². The summed E-state index contributed by atoms with van der Waals surface area (Å²) < 4.78 is 39.3. The molecule has 0 aliphatic rings. The highest BCUT2D eigenvalue weighted by Crippen LogP contribution is 2.43. The van der Waals surface area contributed by atoms with Crippen molar-refractivity contribution in [3.63, 3.8) is 0 Å². The number of ether oxygens (including phenoxy) is 3. The van der Waals surface area contributed by atoms with E-state index >= 15 is 0 Å². The minimum Gasteiger partial charge on any atom is -0.462 e. The third kappa shape index (κ3) is 55.3. The second-order valence-corrected chi connectivity index (χ2v) is 19.4. The highest BCUT2D eigenvalue weighted by Gasteiger charge is 2.28.